The van der Waals surface area contributed by atoms with Gasteiger partial charge in [0.2, 0.25) is 0 Å². The van der Waals surface area contributed by atoms with E-state index in [1.54, 1.807) is 56.7 Å². The average molecular weight is 477 g/mol. The highest BCUT2D eigenvalue weighted by Crippen LogP contribution is 2.36. The lowest BCUT2D eigenvalue weighted by Gasteiger charge is -2.15. The monoisotopic (exact) mass is 476 g/mol. The first kappa shape index (κ1) is 23.8. The molecule has 1 amide bonds. The quantitative estimate of drug-likeness (QED) is 0.404. The van der Waals surface area contributed by atoms with E-state index in [1.165, 1.54) is 24.1 Å². The number of hydrogen-bond donors (Lipinski definition) is 0. The second-order valence-corrected chi connectivity index (χ2v) is 9.30. The first-order chi connectivity index (χ1) is 15.4. The van der Waals surface area contributed by atoms with E-state index in [0.717, 1.165) is 11.8 Å². The number of thioether (sulfide) groups is 1. The Kier molecular flexibility index (Phi) is 7.94. The fourth-order valence-corrected chi connectivity index (χ4v) is 5.19. The predicted octanol–water partition coefficient (Wildman–Crippen LogP) is 3.40. The van der Waals surface area contributed by atoms with Gasteiger partial charge in [-0.1, -0.05) is 18.2 Å². The minimum Gasteiger partial charge on any atom is -0.497 e. The van der Waals surface area contributed by atoms with Gasteiger partial charge in [-0.2, -0.15) is 8.42 Å². The molecule has 1 saturated heterocycles. The molecule has 1 aliphatic heterocycles. The molecule has 0 aliphatic carbocycles. The fourth-order valence-electron chi connectivity index (χ4n) is 2.97. The SMILES string of the molecule is COCCCN1C(=O)/C(=C/c2ccc(OC)cc2OC)S/C1=N\S(=O)(=O)c1ccccc1. The minimum atomic E-state index is -3.98. The number of amides is 1. The summed E-state index contributed by atoms with van der Waals surface area (Å²) in [5.41, 5.74) is 0.660. The van der Waals surface area contributed by atoms with Crippen LogP contribution in [0.2, 0.25) is 0 Å². The maximum absolute atomic E-state index is 13.1. The zero-order valence-electron chi connectivity index (χ0n) is 18.0. The molecule has 8 nitrogen and oxygen atoms in total. The van der Waals surface area contributed by atoms with Crippen LogP contribution in [0.3, 0.4) is 0 Å². The highest BCUT2D eigenvalue weighted by molar-refractivity contribution is 8.19. The van der Waals surface area contributed by atoms with Crippen LogP contribution in [0.15, 0.2) is 62.7 Å². The van der Waals surface area contributed by atoms with Crippen molar-refractivity contribution >= 4 is 38.9 Å². The van der Waals surface area contributed by atoms with Crippen molar-refractivity contribution in [2.45, 2.75) is 11.3 Å². The Balaban J connectivity index is 1.99. The second-order valence-electron chi connectivity index (χ2n) is 6.68. The van der Waals surface area contributed by atoms with Crippen molar-refractivity contribution in [1.82, 2.24) is 4.90 Å². The maximum Gasteiger partial charge on any atom is 0.284 e. The molecule has 0 unspecified atom stereocenters. The topological polar surface area (TPSA) is 94.5 Å². The molecule has 10 heteroatoms. The lowest BCUT2D eigenvalue weighted by atomic mass is 10.1. The van der Waals surface area contributed by atoms with Crippen molar-refractivity contribution < 1.29 is 27.4 Å². The van der Waals surface area contributed by atoms with E-state index in [0.29, 0.717) is 35.0 Å². The van der Waals surface area contributed by atoms with Crippen molar-refractivity contribution in [2.75, 3.05) is 34.5 Å². The minimum absolute atomic E-state index is 0.0617. The maximum atomic E-state index is 13.1. The van der Waals surface area contributed by atoms with Gasteiger partial charge in [-0.15, -0.1) is 4.40 Å². The van der Waals surface area contributed by atoms with Crippen LogP contribution < -0.4 is 9.47 Å². The molecule has 0 saturated carbocycles. The van der Waals surface area contributed by atoms with Crippen LogP contribution in [0, 0.1) is 0 Å². The van der Waals surface area contributed by atoms with E-state index in [9.17, 15) is 13.2 Å². The van der Waals surface area contributed by atoms with Crippen LogP contribution in [0.1, 0.15) is 12.0 Å². The van der Waals surface area contributed by atoms with Gasteiger partial charge in [0.15, 0.2) is 5.17 Å². The standard InChI is InChI=1S/C22H24N2O6S2/c1-28-13-7-12-24-21(25)20(14-16-10-11-17(29-2)15-19(16)30-3)31-22(24)23-32(26,27)18-8-5-4-6-9-18/h4-6,8-11,14-15H,7,12-13H2,1-3H3/b20-14-,23-22-. The highest BCUT2D eigenvalue weighted by Gasteiger charge is 2.35. The number of ether oxygens (including phenoxy) is 3. The molecule has 0 bridgehead atoms. The number of nitrogens with zero attached hydrogens (tertiary/aromatic N) is 2. The van der Waals surface area contributed by atoms with Gasteiger partial charge in [0.25, 0.3) is 15.9 Å². The number of carbonyl (C=O) groups is 1. The number of methoxy groups -OCH3 is 3. The highest BCUT2D eigenvalue weighted by atomic mass is 32.2. The molecule has 1 heterocycles. The van der Waals surface area contributed by atoms with E-state index in [1.807, 2.05) is 0 Å². The van der Waals surface area contributed by atoms with Crippen molar-refractivity contribution in [3.63, 3.8) is 0 Å². The van der Waals surface area contributed by atoms with Gasteiger partial charge in [-0.25, -0.2) is 0 Å². The number of carbonyl (C=O) groups excluding carboxylic acids is 1. The molecule has 170 valence electrons. The normalized spacial score (nSPS) is 16.7. The molecular weight excluding hydrogens is 452 g/mol. The molecule has 0 radical (unpaired) electrons. The Hall–Kier alpha value is -2.82. The van der Waals surface area contributed by atoms with Gasteiger partial charge in [0, 0.05) is 31.9 Å². The summed E-state index contributed by atoms with van der Waals surface area (Å²) >= 11 is 1.01. The van der Waals surface area contributed by atoms with Crippen LogP contribution in [-0.2, 0) is 19.6 Å². The Bertz CT molecular complexity index is 1130. The zero-order valence-corrected chi connectivity index (χ0v) is 19.6. The van der Waals surface area contributed by atoms with Gasteiger partial charge >= 0.3 is 0 Å². The largest absolute Gasteiger partial charge is 0.497 e. The summed E-state index contributed by atoms with van der Waals surface area (Å²) in [7, 11) is 0.668. The smallest absolute Gasteiger partial charge is 0.284 e. The van der Waals surface area contributed by atoms with E-state index >= 15 is 0 Å². The predicted molar refractivity (Wildman–Crippen MR) is 124 cm³/mol. The second kappa shape index (κ2) is 10.7. The number of rotatable bonds is 9. The summed E-state index contributed by atoms with van der Waals surface area (Å²) < 4.78 is 45.2. The van der Waals surface area contributed by atoms with Crippen molar-refractivity contribution in [3.05, 3.63) is 59.0 Å². The van der Waals surface area contributed by atoms with E-state index in [-0.39, 0.29) is 22.5 Å². The summed E-state index contributed by atoms with van der Waals surface area (Å²) in [5, 5.41) is 0.105. The molecule has 2 aromatic carbocycles. The van der Waals surface area contributed by atoms with Crippen LogP contribution in [0.4, 0.5) is 0 Å². The van der Waals surface area contributed by atoms with Crippen LogP contribution in [0.25, 0.3) is 6.08 Å². The summed E-state index contributed by atoms with van der Waals surface area (Å²) in [6, 6.07) is 13.1. The van der Waals surface area contributed by atoms with Gasteiger partial charge in [-0.3, -0.25) is 9.69 Å². The van der Waals surface area contributed by atoms with E-state index in [2.05, 4.69) is 4.40 Å². The third kappa shape index (κ3) is 5.50. The van der Waals surface area contributed by atoms with Gasteiger partial charge in [0.05, 0.1) is 24.0 Å². The van der Waals surface area contributed by atoms with Crippen molar-refractivity contribution in [2.24, 2.45) is 4.40 Å². The van der Waals surface area contributed by atoms with Gasteiger partial charge in [0.1, 0.15) is 11.5 Å². The Labute approximate surface area is 191 Å². The molecular formula is C22H24N2O6S2. The Morgan fingerprint density at radius 1 is 1.06 bits per heavy atom. The first-order valence-corrected chi connectivity index (χ1v) is 12.0. The molecule has 0 atom stereocenters. The first-order valence-electron chi connectivity index (χ1n) is 9.72. The molecule has 0 aromatic heterocycles. The molecule has 0 spiro atoms. The molecule has 3 rings (SSSR count). The Morgan fingerprint density at radius 2 is 1.81 bits per heavy atom. The summed E-state index contributed by atoms with van der Waals surface area (Å²) in [5.74, 6) is 0.816. The van der Waals surface area contributed by atoms with Crippen LogP contribution in [-0.4, -0.2) is 58.9 Å². The van der Waals surface area contributed by atoms with Gasteiger partial charge in [-0.05, 0) is 48.5 Å². The molecule has 1 fully saturated rings. The van der Waals surface area contributed by atoms with Crippen LogP contribution >= 0.6 is 11.8 Å². The summed E-state index contributed by atoms with van der Waals surface area (Å²) in [6.07, 6.45) is 2.19. The molecule has 0 N–H and O–H groups in total. The summed E-state index contributed by atoms with van der Waals surface area (Å²) in [6.45, 7) is 0.707. The van der Waals surface area contributed by atoms with E-state index < -0.39 is 10.0 Å². The molecule has 2 aromatic rings. The third-order valence-electron chi connectivity index (χ3n) is 4.58. The van der Waals surface area contributed by atoms with Gasteiger partial charge < -0.3 is 14.2 Å². The number of benzene rings is 2. The Morgan fingerprint density at radius 3 is 2.47 bits per heavy atom. The zero-order chi connectivity index (χ0) is 23.1. The number of sulfonamides is 1. The lowest BCUT2D eigenvalue weighted by Crippen LogP contribution is -2.31. The summed E-state index contributed by atoms with van der Waals surface area (Å²) in [4.78, 5) is 14.9. The third-order valence-corrected chi connectivity index (χ3v) is 6.99. The average Bonchev–Trinajstić information content (AvgIpc) is 3.08. The number of hydrogen-bond acceptors (Lipinski definition) is 7. The van der Waals surface area contributed by atoms with E-state index in [4.69, 9.17) is 14.2 Å². The molecule has 1 aliphatic rings. The lowest BCUT2D eigenvalue weighted by molar-refractivity contribution is -0.122. The number of amidine groups is 1. The molecule has 32 heavy (non-hydrogen) atoms. The van der Waals surface area contributed by atoms with Crippen molar-refractivity contribution in [3.8, 4) is 11.5 Å². The fraction of sp³-hybridized carbons (Fsp3) is 0.273. The van der Waals surface area contributed by atoms with Crippen molar-refractivity contribution in [1.29, 1.82) is 0 Å². The van der Waals surface area contributed by atoms with Crippen LogP contribution in [0.5, 0.6) is 11.5 Å².